The quantitative estimate of drug-likeness (QED) is 0.607. The van der Waals surface area contributed by atoms with Gasteiger partial charge in [0.1, 0.15) is 0 Å². The van der Waals surface area contributed by atoms with Crippen molar-refractivity contribution in [3.63, 3.8) is 0 Å². The molecule has 0 aliphatic carbocycles. The second-order valence-corrected chi connectivity index (χ2v) is 7.67. The van der Waals surface area contributed by atoms with Crippen LogP contribution in [0.2, 0.25) is 0 Å². The lowest BCUT2D eigenvalue weighted by molar-refractivity contribution is 0.578. The molecule has 0 aliphatic rings. The first-order chi connectivity index (χ1) is 8.69. The molecular weight excluding hydrogens is 290 g/mol. The van der Waals surface area contributed by atoms with Crippen molar-refractivity contribution in [3.8, 4) is 0 Å². The predicted octanol–water partition coefficient (Wildman–Crippen LogP) is -0.595. The average molecular weight is 307 g/mol. The van der Waals surface area contributed by atoms with E-state index in [1.165, 1.54) is 19.2 Å². The van der Waals surface area contributed by atoms with Crippen LogP contribution in [-0.4, -0.2) is 36.2 Å². The van der Waals surface area contributed by atoms with Gasteiger partial charge in [0.05, 0.1) is 10.6 Å². The largest absolute Gasteiger partial charge is 0.398 e. The smallest absolute Gasteiger partial charge is 0.240 e. The number of anilines is 1. The molecular formula is C10H17N3O4S2. The molecule has 0 atom stereocenters. The summed E-state index contributed by atoms with van der Waals surface area (Å²) < 4.78 is 50.7. The number of hydrogen-bond acceptors (Lipinski definition) is 5. The summed E-state index contributed by atoms with van der Waals surface area (Å²) in [6.45, 7) is 1.38. The van der Waals surface area contributed by atoms with Crippen LogP contribution in [0, 0.1) is 6.92 Å². The van der Waals surface area contributed by atoms with Gasteiger partial charge in [-0.25, -0.2) is 26.3 Å². The van der Waals surface area contributed by atoms with Crippen LogP contribution in [-0.2, 0) is 20.0 Å². The van der Waals surface area contributed by atoms with E-state index in [1.54, 1.807) is 13.0 Å². The minimum Gasteiger partial charge on any atom is -0.398 e. The van der Waals surface area contributed by atoms with Gasteiger partial charge in [-0.3, -0.25) is 0 Å². The molecule has 0 spiro atoms. The van der Waals surface area contributed by atoms with Crippen molar-refractivity contribution < 1.29 is 16.8 Å². The number of nitrogen functional groups attached to an aromatic ring is 1. The monoisotopic (exact) mass is 307 g/mol. The second-order valence-electron chi connectivity index (χ2n) is 3.89. The molecule has 0 fully saturated rings. The van der Waals surface area contributed by atoms with Gasteiger partial charge in [-0.05, 0) is 31.7 Å². The van der Waals surface area contributed by atoms with Crippen molar-refractivity contribution in [2.75, 3.05) is 25.1 Å². The van der Waals surface area contributed by atoms with Crippen molar-refractivity contribution in [3.05, 3.63) is 23.8 Å². The summed E-state index contributed by atoms with van der Waals surface area (Å²) in [5.74, 6) is -0.329. The molecule has 0 heterocycles. The Morgan fingerprint density at radius 1 is 1.21 bits per heavy atom. The van der Waals surface area contributed by atoms with Crippen LogP contribution in [0.1, 0.15) is 5.56 Å². The van der Waals surface area contributed by atoms with Crippen molar-refractivity contribution in [2.45, 2.75) is 11.8 Å². The number of benzene rings is 1. The number of sulfonamides is 2. The fourth-order valence-electron chi connectivity index (χ4n) is 1.41. The fourth-order valence-corrected chi connectivity index (χ4v) is 3.42. The summed E-state index contributed by atoms with van der Waals surface area (Å²) >= 11 is 0. The van der Waals surface area contributed by atoms with Gasteiger partial charge in [0.2, 0.25) is 20.0 Å². The molecule has 0 unspecified atom stereocenters. The average Bonchev–Trinajstić information content (AvgIpc) is 2.32. The Morgan fingerprint density at radius 3 is 2.42 bits per heavy atom. The Balaban J connectivity index is 2.86. The Morgan fingerprint density at radius 2 is 1.84 bits per heavy atom. The first-order valence-corrected chi connectivity index (χ1v) is 8.59. The number of nitrogens with two attached hydrogens (primary N) is 1. The lowest BCUT2D eigenvalue weighted by atomic mass is 10.2. The lowest BCUT2D eigenvalue weighted by Crippen LogP contribution is -2.33. The summed E-state index contributed by atoms with van der Waals surface area (Å²) in [5, 5.41) is 0. The van der Waals surface area contributed by atoms with Gasteiger partial charge in [-0.1, -0.05) is 6.07 Å². The van der Waals surface area contributed by atoms with Gasteiger partial charge in [0, 0.05) is 12.2 Å². The van der Waals surface area contributed by atoms with Gasteiger partial charge in [0.15, 0.2) is 0 Å². The summed E-state index contributed by atoms with van der Waals surface area (Å²) in [6, 6.07) is 4.54. The van der Waals surface area contributed by atoms with Crippen molar-refractivity contribution in [2.24, 2.45) is 0 Å². The first kappa shape index (κ1) is 15.9. The molecule has 0 bridgehead atoms. The molecule has 0 aliphatic heterocycles. The highest BCUT2D eigenvalue weighted by Gasteiger charge is 2.18. The molecule has 4 N–H and O–H groups in total. The summed E-state index contributed by atoms with van der Waals surface area (Å²) in [4.78, 5) is 0.0503. The van der Waals surface area contributed by atoms with Gasteiger partial charge in [-0.15, -0.1) is 0 Å². The maximum atomic E-state index is 12.0. The Bertz CT molecular complexity index is 653. The number of rotatable bonds is 6. The Hall–Kier alpha value is -1.16. The van der Waals surface area contributed by atoms with E-state index < -0.39 is 20.0 Å². The Labute approximate surface area is 113 Å². The molecule has 0 saturated carbocycles. The highest BCUT2D eigenvalue weighted by Crippen LogP contribution is 2.19. The van der Waals surface area contributed by atoms with E-state index in [9.17, 15) is 16.8 Å². The molecule has 0 saturated heterocycles. The van der Waals surface area contributed by atoms with Crippen molar-refractivity contribution >= 4 is 25.7 Å². The molecule has 9 heteroatoms. The lowest BCUT2D eigenvalue weighted by Gasteiger charge is -2.10. The van der Waals surface area contributed by atoms with E-state index >= 15 is 0 Å². The second kappa shape index (κ2) is 5.87. The maximum absolute atomic E-state index is 12.0. The van der Waals surface area contributed by atoms with Gasteiger partial charge in [-0.2, -0.15) is 0 Å². The van der Waals surface area contributed by atoms with E-state index in [1.807, 2.05) is 0 Å². The third-order valence-electron chi connectivity index (χ3n) is 2.59. The topological polar surface area (TPSA) is 118 Å². The Kier molecular flexibility index (Phi) is 4.91. The summed E-state index contributed by atoms with van der Waals surface area (Å²) in [7, 11) is -5.94. The van der Waals surface area contributed by atoms with E-state index in [0.29, 0.717) is 11.3 Å². The van der Waals surface area contributed by atoms with Gasteiger partial charge < -0.3 is 5.73 Å². The zero-order valence-electron chi connectivity index (χ0n) is 10.7. The van der Waals surface area contributed by atoms with Crippen molar-refractivity contribution in [1.82, 2.24) is 9.44 Å². The van der Waals surface area contributed by atoms with Gasteiger partial charge in [0.25, 0.3) is 0 Å². The first-order valence-electron chi connectivity index (χ1n) is 5.45. The fraction of sp³-hybridized carbons (Fsp3) is 0.400. The highest BCUT2D eigenvalue weighted by molar-refractivity contribution is 7.90. The van der Waals surface area contributed by atoms with Crippen LogP contribution >= 0.6 is 0 Å². The maximum Gasteiger partial charge on any atom is 0.240 e. The minimum atomic E-state index is -3.77. The van der Waals surface area contributed by atoms with Crippen LogP contribution in [0.5, 0.6) is 0 Å². The minimum absolute atomic E-state index is 0.0503. The van der Waals surface area contributed by atoms with E-state index in [0.717, 1.165) is 0 Å². The highest BCUT2D eigenvalue weighted by atomic mass is 32.2. The molecule has 1 aromatic rings. The molecule has 19 heavy (non-hydrogen) atoms. The normalized spacial score (nSPS) is 12.5. The molecule has 1 aromatic carbocycles. The van der Waals surface area contributed by atoms with E-state index in [-0.39, 0.29) is 17.2 Å². The molecule has 1 rings (SSSR count). The van der Waals surface area contributed by atoms with Crippen LogP contribution in [0.25, 0.3) is 0 Å². The molecule has 108 valence electrons. The van der Waals surface area contributed by atoms with Crippen molar-refractivity contribution in [1.29, 1.82) is 0 Å². The third kappa shape index (κ3) is 4.16. The zero-order valence-corrected chi connectivity index (χ0v) is 12.3. The SMILES string of the molecule is CNS(=O)(=O)CCNS(=O)(=O)c1cccc(N)c1C. The van der Waals surface area contributed by atoms with E-state index in [2.05, 4.69) is 9.44 Å². The van der Waals surface area contributed by atoms with Crippen LogP contribution in [0.4, 0.5) is 5.69 Å². The zero-order chi connectivity index (χ0) is 14.7. The molecule has 0 aromatic heterocycles. The number of hydrogen-bond donors (Lipinski definition) is 3. The third-order valence-corrected chi connectivity index (χ3v) is 5.56. The van der Waals surface area contributed by atoms with Crippen LogP contribution < -0.4 is 15.2 Å². The molecule has 0 amide bonds. The van der Waals surface area contributed by atoms with E-state index in [4.69, 9.17) is 5.73 Å². The van der Waals surface area contributed by atoms with Crippen LogP contribution in [0.3, 0.4) is 0 Å². The summed E-state index contributed by atoms with van der Waals surface area (Å²) in [6.07, 6.45) is 0. The van der Waals surface area contributed by atoms with Gasteiger partial charge >= 0.3 is 0 Å². The standard InChI is InChI=1S/C10H17N3O4S2/c1-8-9(11)4-3-5-10(8)19(16,17)13-6-7-18(14,15)12-2/h3-5,12-13H,6-7,11H2,1-2H3. The predicted molar refractivity (Wildman–Crippen MR) is 73.6 cm³/mol. The molecule has 7 nitrogen and oxygen atoms in total. The molecule has 0 radical (unpaired) electrons. The summed E-state index contributed by atoms with van der Waals surface area (Å²) in [5.41, 5.74) is 6.44. The number of nitrogens with one attached hydrogen (secondary N) is 2. The van der Waals surface area contributed by atoms with Crippen LogP contribution in [0.15, 0.2) is 23.1 Å².